The lowest BCUT2D eigenvalue weighted by Gasteiger charge is -2.32. The lowest BCUT2D eigenvalue weighted by atomic mass is 10.1. The average molecular weight is 422 g/mol. The predicted octanol–water partition coefficient (Wildman–Crippen LogP) is 1.88. The quantitative estimate of drug-likeness (QED) is 0.541. The molecule has 0 aliphatic carbocycles. The van der Waals surface area contributed by atoms with Gasteiger partial charge in [0.2, 0.25) is 5.91 Å². The Morgan fingerprint density at radius 2 is 2.00 bits per heavy atom. The highest BCUT2D eigenvalue weighted by Gasteiger charge is 2.24. The normalized spacial score (nSPS) is 15.0. The van der Waals surface area contributed by atoms with E-state index in [2.05, 4.69) is 15.6 Å². The van der Waals surface area contributed by atoms with Crippen LogP contribution in [0.3, 0.4) is 0 Å². The van der Waals surface area contributed by atoms with Gasteiger partial charge in [-0.25, -0.2) is 14.2 Å². The van der Waals surface area contributed by atoms with Gasteiger partial charge in [0.15, 0.2) is 5.96 Å². The molecule has 0 atom stereocenters. The van der Waals surface area contributed by atoms with Gasteiger partial charge in [-0.2, -0.15) is 0 Å². The minimum atomic E-state index is -0.286. The van der Waals surface area contributed by atoms with Gasteiger partial charge < -0.3 is 25.2 Å². The van der Waals surface area contributed by atoms with Crippen LogP contribution in [-0.2, 0) is 16.1 Å². The van der Waals surface area contributed by atoms with Crippen molar-refractivity contribution in [2.45, 2.75) is 39.3 Å². The van der Waals surface area contributed by atoms with E-state index in [4.69, 9.17) is 4.74 Å². The number of hydrogen-bond donors (Lipinski definition) is 2. The van der Waals surface area contributed by atoms with Crippen molar-refractivity contribution in [3.05, 3.63) is 35.1 Å². The number of carbonyl (C=O) groups is 2. The standard InChI is InChI=1S/C21H32FN5O3/c1-5-30-21(29)27-10-8-17(9-11-27)25-20(24-14-19(28)26(3)4)23-13-16-6-7-18(22)15(2)12-16/h6-7,12,17H,5,8-11,13-14H2,1-4H3,(H2,23,24,25). The molecular formula is C21H32FN5O3. The molecule has 2 rings (SSSR count). The molecule has 0 aromatic heterocycles. The molecule has 1 aromatic carbocycles. The van der Waals surface area contributed by atoms with Crippen LogP contribution in [0.1, 0.15) is 30.9 Å². The number of amides is 2. The summed E-state index contributed by atoms with van der Waals surface area (Å²) in [6, 6.07) is 5.01. The zero-order valence-electron chi connectivity index (χ0n) is 18.2. The van der Waals surface area contributed by atoms with Crippen molar-refractivity contribution in [2.75, 3.05) is 40.3 Å². The summed E-state index contributed by atoms with van der Waals surface area (Å²) >= 11 is 0. The summed E-state index contributed by atoms with van der Waals surface area (Å²) in [7, 11) is 3.39. The molecule has 0 saturated carbocycles. The topological polar surface area (TPSA) is 86.3 Å². The van der Waals surface area contributed by atoms with E-state index >= 15 is 0 Å². The molecule has 8 nitrogen and oxygen atoms in total. The summed E-state index contributed by atoms with van der Waals surface area (Å²) in [5, 5.41) is 6.42. The molecule has 0 unspecified atom stereocenters. The molecule has 0 radical (unpaired) electrons. The Balaban J connectivity index is 1.99. The van der Waals surface area contributed by atoms with Gasteiger partial charge in [0, 0.05) is 33.2 Å². The maximum Gasteiger partial charge on any atom is 0.409 e. The minimum absolute atomic E-state index is 0.0701. The van der Waals surface area contributed by atoms with Gasteiger partial charge in [0.1, 0.15) is 5.82 Å². The Labute approximate surface area is 177 Å². The van der Waals surface area contributed by atoms with Crippen molar-refractivity contribution in [3.63, 3.8) is 0 Å². The first-order valence-corrected chi connectivity index (χ1v) is 10.2. The van der Waals surface area contributed by atoms with Gasteiger partial charge in [-0.15, -0.1) is 0 Å². The van der Waals surface area contributed by atoms with Crippen LogP contribution >= 0.6 is 0 Å². The second-order valence-corrected chi connectivity index (χ2v) is 7.49. The maximum absolute atomic E-state index is 13.5. The number of nitrogens with one attached hydrogen (secondary N) is 2. The fourth-order valence-corrected chi connectivity index (χ4v) is 3.06. The highest BCUT2D eigenvalue weighted by Crippen LogP contribution is 2.12. The van der Waals surface area contributed by atoms with E-state index in [-0.39, 0.29) is 30.4 Å². The third kappa shape index (κ3) is 7.20. The predicted molar refractivity (Wildman–Crippen MR) is 114 cm³/mol. The molecule has 9 heteroatoms. The van der Waals surface area contributed by atoms with Crippen molar-refractivity contribution >= 4 is 18.0 Å². The summed E-state index contributed by atoms with van der Waals surface area (Å²) in [4.78, 5) is 31.6. The van der Waals surface area contributed by atoms with Crippen molar-refractivity contribution in [2.24, 2.45) is 4.99 Å². The van der Waals surface area contributed by atoms with Crippen LogP contribution in [0.5, 0.6) is 0 Å². The monoisotopic (exact) mass is 421 g/mol. The zero-order valence-corrected chi connectivity index (χ0v) is 18.2. The first-order valence-electron chi connectivity index (χ1n) is 10.2. The van der Waals surface area contributed by atoms with Crippen molar-refractivity contribution in [1.29, 1.82) is 0 Å². The van der Waals surface area contributed by atoms with Gasteiger partial charge in [-0.1, -0.05) is 12.1 Å². The van der Waals surface area contributed by atoms with E-state index in [1.165, 1.54) is 11.0 Å². The van der Waals surface area contributed by atoms with Crippen LogP contribution in [0.15, 0.2) is 23.2 Å². The largest absolute Gasteiger partial charge is 0.450 e. The second kappa shape index (κ2) is 11.4. The number of likely N-dealkylation sites (N-methyl/N-ethyl adjacent to an activating group) is 1. The summed E-state index contributed by atoms with van der Waals surface area (Å²) in [5.41, 5.74) is 1.45. The number of nitrogens with zero attached hydrogens (tertiary/aromatic N) is 3. The Morgan fingerprint density at radius 1 is 1.30 bits per heavy atom. The van der Waals surface area contributed by atoms with Gasteiger partial charge in [0.05, 0.1) is 19.7 Å². The fourth-order valence-electron chi connectivity index (χ4n) is 3.06. The number of rotatable bonds is 6. The first-order chi connectivity index (χ1) is 14.3. The summed E-state index contributed by atoms with van der Waals surface area (Å²) < 4.78 is 18.5. The maximum atomic E-state index is 13.5. The number of piperidine rings is 1. The lowest BCUT2D eigenvalue weighted by Crippen LogP contribution is -2.51. The molecule has 0 spiro atoms. The summed E-state index contributed by atoms with van der Waals surface area (Å²) in [6.07, 6.45) is 1.21. The first kappa shape index (κ1) is 23.4. The average Bonchev–Trinajstić information content (AvgIpc) is 2.72. The smallest absolute Gasteiger partial charge is 0.409 e. The van der Waals surface area contributed by atoms with Crippen LogP contribution in [0.2, 0.25) is 0 Å². The lowest BCUT2D eigenvalue weighted by molar-refractivity contribution is -0.127. The molecule has 2 amide bonds. The molecule has 166 valence electrons. The Kier molecular flexibility index (Phi) is 8.89. The van der Waals surface area contributed by atoms with E-state index in [0.717, 1.165) is 18.4 Å². The highest BCUT2D eigenvalue weighted by molar-refractivity contribution is 5.86. The fraction of sp³-hybridized carbons (Fsp3) is 0.571. The van der Waals surface area contributed by atoms with E-state index in [1.807, 2.05) is 0 Å². The number of ether oxygens (including phenoxy) is 1. The van der Waals surface area contributed by atoms with Gasteiger partial charge in [-0.3, -0.25) is 4.79 Å². The minimum Gasteiger partial charge on any atom is -0.450 e. The number of likely N-dealkylation sites (tertiary alicyclic amines) is 1. The van der Waals surface area contributed by atoms with Gasteiger partial charge >= 0.3 is 6.09 Å². The van der Waals surface area contributed by atoms with E-state index in [0.29, 0.717) is 37.8 Å². The summed E-state index contributed by atoms with van der Waals surface area (Å²) in [5.74, 6) is 0.199. The van der Waals surface area contributed by atoms with E-state index < -0.39 is 0 Å². The third-order valence-electron chi connectivity index (χ3n) is 4.91. The number of halogens is 1. The molecule has 1 fully saturated rings. The number of aliphatic imine (C=N–C) groups is 1. The molecule has 1 aromatic rings. The van der Waals surface area contributed by atoms with Gasteiger partial charge in [0.25, 0.3) is 0 Å². The Morgan fingerprint density at radius 3 is 2.60 bits per heavy atom. The highest BCUT2D eigenvalue weighted by atomic mass is 19.1. The molecule has 30 heavy (non-hydrogen) atoms. The number of hydrogen-bond acceptors (Lipinski definition) is 4. The molecule has 1 aliphatic heterocycles. The molecular weight excluding hydrogens is 389 g/mol. The van der Waals surface area contributed by atoms with Crippen molar-refractivity contribution < 1.29 is 18.7 Å². The van der Waals surface area contributed by atoms with Crippen LogP contribution in [0.4, 0.5) is 9.18 Å². The van der Waals surface area contributed by atoms with Crippen molar-refractivity contribution in [1.82, 2.24) is 20.4 Å². The Hall–Kier alpha value is -2.84. The van der Waals surface area contributed by atoms with Crippen LogP contribution in [0.25, 0.3) is 0 Å². The van der Waals surface area contributed by atoms with Crippen LogP contribution in [-0.4, -0.2) is 74.1 Å². The molecule has 2 N–H and O–H groups in total. The zero-order chi connectivity index (χ0) is 22.1. The molecule has 1 aliphatic rings. The van der Waals surface area contributed by atoms with Crippen molar-refractivity contribution in [3.8, 4) is 0 Å². The Bertz CT molecular complexity index is 761. The van der Waals surface area contributed by atoms with Gasteiger partial charge in [-0.05, 0) is 43.9 Å². The third-order valence-corrected chi connectivity index (χ3v) is 4.91. The molecule has 1 saturated heterocycles. The van der Waals surface area contributed by atoms with Crippen LogP contribution < -0.4 is 10.6 Å². The number of guanidine groups is 1. The number of carbonyl (C=O) groups excluding carboxylic acids is 2. The number of benzene rings is 1. The SMILES string of the molecule is CCOC(=O)N1CCC(NC(=NCc2ccc(F)c(C)c2)NCC(=O)N(C)C)CC1. The van der Waals surface area contributed by atoms with Crippen LogP contribution in [0, 0.1) is 12.7 Å². The summed E-state index contributed by atoms with van der Waals surface area (Å²) in [6.45, 7) is 5.53. The van der Waals surface area contributed by atoms with E-state index in [1.54, 1.807) is 45.0 Å². The molecule has 1 heterocycles. The van der Waals surface area contributed by atoms with E-state index in [9.17, 15) is 14.0 Å². The molecule has 0 bridgehead atoms. The second-order valence-electron chi connectivity index (χ2n) is 7.49. The number of aryl methyl sites for hydroxylation is 1.